The van der Waals surface area contributed by atoms with Gasteiger partial charge in [-0.1, -0.05) is 36.7 Å². The van der Waals surface area contributed by atoms with E-state index in [9.17, 15) is 8.42 Å². The number of nitrogens with one attached hydrogen (secondary N) is 1. The minimum atomic E-state index is -3.30. The van der Waals surface area contributed by atoms with Crippen molar-refractivity contribution in [1.82, 2.24) is 9.03 Å². The molecule has 1 N–H and O–H groups in total. The normalized spacial score (nSPS) is 16.7. The van der Waals surface area contributed by atoms with Gasteiger partial charge in [-0.25, -0.2) is 0 Å². The molecule has 0 aliphatic rings. The van der Waals surface area contributed by atoms with Crippen molar-refractivity contribution in [3.8, 4) is 0 Å². The van der Waals surface area contributed by atoms with E-state index < -0.39 is 10.2 Å². The molecule has 0 aromatic heterocycles. The SMILES string of the molecule is CCN(CC)S(=O)(=O)NC(C)CC(C)Br. The van der Waals surface area contributed by atoms with Crippen LogP contribution in [0.1, 0.15) is 34.1 Å². The Morgan fingerprint density at radius 1 is 1.27 bits per heavy atom. The molecule has 0 aromatic rings. The molecule has 92 valence electrons. The molecule has 0 saturated carbocycles. The van der Waals surface area contributed by atoms with Crippen LogP contribution in [-0.4, -0.2) is 36.7 Å². The molecule has 0 heterocycles. The predicted octanol–water partition coefficient (Wildman–Crippen LogP) is 1.72. The number of hydrogen-bond donors (Lipinski definition) is 1. The zero-order chi connectivity index (χ0) is 12.1. The van der Waals surface area contributed by atoms with Gasteiger partial charge in [0.1, 0.15) is 0 Å². The Hall–Kier alpha value is 0.350. The fraction of sp³-hybridized carbons (Fsp3) is 1.00. The highest BCUT2D eigenvalue weighted by molar-refractivity contribution is 9.09. The van der Waals surface area contributed by atoms with Crippen LogP contribution >= 0.6 is 15.9 Å². The van der Waals surface area contributed by atoms with Crippen LogP contribution < -0.4 is 4.72 Å². The second-order valence-electron chi connectivity index (χ2n) is 3.62. The molecule has 0 saturated heterocycles. The van der Waals surface area contributed by atoms with Crippen molar-refractivity contribution in [1.29, 1.82) is 0 Å². The molecule has 6 heteroatoms. The van der Waals surface area contributed by atoms with E-state index >= 15 is 0 Å². The van der Waals surface area contributed by atoms with Gasteiger partial charge in [-0.3, -0.25) is 0 Å². The Labute approximate surface area is 102 Å². The maximum absolute atomic E-state index is 11.8. The number of nitrogens with zero attached hydrogens (tertiary/aromatic N) is 1. The smallest absolute Gasteiger partial charge is 0.199 e. The van der Waals surface area contributed by atoms with Crippen LogP contribution in [0.15, 0.2) is 0 Å². The van der Waals surface area contributed by atoms with Crippen LogP contribution in [0.2, 0.25) is 0 Å². The second-order valence-corrected chi connectivity index (χ2v) is 6.89. The fourth-order valence-corrected chi connectivity index (χ4v) is 3.42. The molecule has 0 rings (SSSR count). The molecule has 15 heavy (non-hydrogen) atoms. The van der Waals surface area contributed by atoms with E-state index in [2.05, 4.69) is 20.7 Å². The van der Waals surface area contributed by atoms with Crippen LogP contribution in [0.25, 0.3) is 0 Å². The summed E-state index contributed by atoms with van der Waals surface area (Å²) in [7, 11) is -3.30. The van der Waals surface area contributed by atoms with E-state index in [-0.39, 0.29) is 6.04 Å². The van der Waals surface area contributed by atoms with E-state index in [0.29, 0.717) is 17.9 Å². The summed E-state index contributed by atoms with van der Waals surface area (Å²) in [6.45, 7) is 8.55. The van der Waals surface area contributed by atoms with Gasteiger partial charge in [0.25, 0.3) is 10.2 Å². The molecule has 2 atom stereocenters. The van der Waals surface area contributed by atoms with Crippen LogP contribution in [0.4, 0.5) is 0 Å². The molecular formula is C9H21BrN2O2S. The Bertz CT molecular complexity index is 263. The van der Waals surface area contributed by atoms with Gasteiger partial charge in [0, 0.05) is 24.0 Å². The Balaban J connectivity index is 4.36. The van der Waals surface area contributed by atoms with Gasteiger partial charge >= 0.3 is 0 Å². The van der Waals surface area contributed by atoms with Crippen molar-refractivity contribution in [3.63, 3.8) is 0 Å². The molecule has 4 nitrogen and oxygen atoms in total. The molecule has 0 aliphatic carbocycles. The first kappa shape index (κ1) is 15.3. The molecule has 0 radical (unpaired) electrons. The molecule has 0 aromatic carbocycles. The fourth-order valence-electron chi connectivity index (χ4n) is 1.43. The van der Waals surface area contributed by atoms with E-state index in [0.717, 1.165) is 6.42 Å². The van der Waals surface area contributed by atoms with Gasteiger partial charge in [-0.15, -0.1) is 0 Å². The number of halogens is 1. The molecule has 0 spiro atoms. The van der Waals surface area contributed by atoms with Crippen molar-refractivity contribution in [3.05, 3.63) is 0 Å². The lowest BCUT2D eigenvalue weighted by atomic mass is 10.2. The van der Waals surface area contributed by atoms with Crippen molar-refractivity contribution >= 4 is 26.1 Å². The van der Waals surface area contributed by atoms with Gasteiger partial charge < -0.3 is 0 Å². The minimum absolute atomic E-state index is 0.0509. The van der Waals surface area contributed by atoms with E-state index in [4.69, 9.17) is 0 Å². The zero-order valence-electron chi connectivity index (χ0n) is 9.83. The summed E-state index contributed by atoms with van der Waals surface area (Å²) in [5.74, 6) is 0. The van der Waals surface area contributed by atoms with Crippen LogP contribution in [0.3, 0.4) is 0 Å². The quantitative estimate of drug-likeness (QED) is 0.728. The van der Waals surface area contributed by atoms with Crippen molar-refractivity contribution in [2.45, 2.75) is 45.0 Å². The average Bonchev–Trinajstić information content (AvgIpc) is 2.02. The molecule has 0 aliphatic heterocycles. The summed E-state index contributed by atoms with van der Waals surface area (Å²) < 4.78 is 27.6. The highest BCUT2D eigenvalue weighted by Gasteiger charge is 2.21. The summed E-state index contributed by atoms with van der Waals surface area (Å²) in [5.41, 5.74) is 0. The van der Waals surface area contributed by atoms with Crippen LogP contribution in [0.5, 0.6) is 0 Å². The van der Waals surface area contributed by atoms with Gasteiger partial charge in [0.15, 0.2) is 0 Å². The van der Waals surface area contributed by atoms with Crippen LogP contribution in [0, 0.1) is 0 Å². The third kappa shape index (κ3) is 5.85. The lowest BCUT2D eigenvalue weighted by Gasteiger charge is -2.22. The summed E-state index contributed by atoms with van der Waals surface area (Å²) in [4.78, 5) is 0.312. The van der Waals surface area contributed by atoms with Crippen molar-refractivity contribution < 1.29 is 8.42 Å². The van der Waals surface area contributed by atoms with Crippen molar-refractivity contribution in [2.75, 3.05) is 13.1 Å². The Morgan fingerprint density at radius 2 is 1.73 bits per heavy atom. The molecular weight excluding hydrogens is 280 g/mol. The third-order valence-corrected chi connectivity index (χ3v) is 4.34. The summed E-state index contributed by atoms with van der Waals surface area (Å²) in [5, 5.41) is 0. The monoisotopic (exact) mass is 300 g/mol. The molecule has 0 bridgehead atoms. The van der Waals surface area contributed by atoms with Crippen LogP contribution in [-0.2, 0) is 10.2 Å². The lowest BCUT2D eigenvalue weighted by Crippen LogP contribution is -2.44. The first-order valence-corrected chi connectivity index (χ1v) is 7.60. The maximum Gasteiger partial charge on any atom is 0.279 e. The predicted molar refractivity (Wildman–Crippen MR) is 67.4 cm³/mol. The highest BCUT2D eigenvalue weighted by atomic mass is 79.9. The van der Waals surface area contributed by atoms with Gasteiger partial charge in [-0.05, 0) is 13.3 Å². The van der Waals surface area contributed by atoms with Gasteiger partial charge in [-0.2, -0.15) is 17.4 Å². The minimum Gasteiger partial charge on any atom is -0.199 e. The first-order valence-electron chi connectivity index (χ1n) is 5.24. The highest BCUT2D eigenvalue weighted by Crippen LogP contribution is 2.08. The van der Waals surface area contributed by atoms with E-state index in [1.165, 1.54) is 4.31 Å². The maximum atomic E-state index is 11.8. The lowest BCUT2D eigenvalue weighted by molar-refractivity contribution is 0.425. The number of alkyl halides is 1. The number of rotatable bonds is 7. The largest absolute Gasteiger partial charge is 0.279 e. The zero-order valence-corrected chi connectivity index (χ0v) is 12.2. The van der Waals surface area contributed by atoms with Gasteiger partial charge in [0.05, 0.1) is 0 Å². The summed E-state index contributed by atoms with van der Waals surface area (Å²) in [6, 6.07) is -0.0509. The topological polar surface area (TPSA) is 49.4 Å². The molecule has 0 amide bonds. The standard InChI is InChI=1S/C9H21BrN2O2S/c1-5-12(6-2)15(13,14)11-9(4)7-8(3)10/h8-9,11H,5-7H2,1-4H3. The van der Waals surface area contributed by atoms with Crippen molar-refractivity contribution in [2.24, 2.45) is 0 Å². The number of hydrogen-bond acceptors (Lipinski definition) is 2. The third-order valence-electron chi connectivity index (χ3n) is 2.07. The summed E-state index contributed by atoms with van der Waals surface area (Å²) >= 11 is 3.41. The average molecular weight is 301 g/mol. The Kier molecular flexibility index (Phi) is 6.99. The molecule has 0 fully saturated rings. The Morgan fingerprint density at radius 3 is 2.07 bits per heavy atom. The molecule has 2 unspecified atom stereocenters. The second kappa shape index (κ2) is 6.83. The first-order chi connectivity index (χ1) is 6.83. The van der Waals surface area contributed by atoms with E-state index in [1.807, 2.05) is 27.7 Å². The van der Waals surface area contributed by atoms with E-state index in [1.54, 1.807) is 0 Å². The van der Waals surface area contributed by atoms with Gasteiger partial charge in [0.2, 0.25) is 0 Å². The summed E-state index contributed by atoms with van der Waals surface area (Å²) in [6.07, 6.45) is 0.778.